The Morgan fingerprint density at radius 2 is 2.00 bits per heavy atom. The number of aromatic nitrogens is 2. The zero-order valence-electron chi connectivity index (χ0n) is 12.6. The lowest BCUT2D eigenvalue weighted by Crippen LogP contribution is -2.29. The van der Waals surface area contributed by atoms with Crippen molar-refractivity contribution in [1.29, 1.82) is 0 Å². The van der Waals surface area contributed by atoms with E-state index >= 15 is 0 Å². The van der Waals surface area contributed by atoms with E-state index in [-0.39, 0.29) is 5.95 Å². The SMILES string of the molecule is CCc1ccc(C2=CCN(c3cc(Cl)nc(N)n3)CC2)cc1. The monoisotopic (exact) mass is 314 g/mol. The third-order valence-electron chi connectivity index (χ3n) is 3.96. The molecule has 1 aromatic heterocycles. The number of nitrogen functional groups attached to an aromatic ring is 1. The molecule has 1 aliphatic rings. The molecule has 3 rings (SSSR count). The van der Waals surface area contributed by atoms with Crippen LogP contribution in [0.25, 0.3) is 5.57 Å². The smallest absolute Gasteiger partial charge is 0.223 e. The molecule has 0 unspecified atom stereocenters. The number of anilines is 2. The third-order valence-corrected chi connectivity index (χ3v) is 4.16. The quantitative estimate of drug-likeness (QED) is 0.880. The van der Waals surface area contributed by atoms with Crippen LogP contribution in [0.5, 0.6) is 0 Å². The molecule has 114 valence electrons. The van der Waals surface area contributed by atoms with E-state index in [1.807, 2.05) is 0 Å². The topological polar surface area (TPSA) is 55.0 Å². The van der Waals surface area contributed by atoms with Gasteiger partial charge in [-0.15, -0.1) is 0 Å². The minimum atomic E-state index is 0.215. The standard InChI is InChI=1S/C17H19ClN4/c1-2-12-3-5-13(6-4-12)14-7-9-22(10-8-14)16-11-15(18)20-17(19)21-16/h3-7,11H,2,8-10H2,1H3,(H2,19,20,21). The zero-order chi connectivity index (χ0) is 15.5. The van der Waals surface area contributed by atoms with E-state index in [0.717, 1.165) is 31.7 Å². The lowest BCUT2D eigenvalue weighted by atomic mass is 9.98. The predicted octanol–water partition coefficient (Wildman–Crippen LogP) is 3.57. The van der Waals surface area contributed by atoms with Crippen molar-refractivity contribution < 1.29 is 0 Å². The first-order chi connectivity index (χ1) is 10.7. The van der Waals surface area contributed by atoms with Crippen LogP contribution in [0.3, 0.4) is 0 Å². The van der Waals surface area contributed by atoms with Crippen LogP contribution >= 0.6 is 11.6 Å². The summed E-state index contributed by atoms with van der Waals surface area (Å²) in [6, 6.07) is 10.6. The van der Waals surface area contributed by atoms with Gasteiger partial charge in [0, 0.05) is 19.2 Å². The lowest BCUT2D eigenvalue weighted by Gasteiger charge is -2.27. The van der Waals surface area contributed by atoms with E-state index in [0.29, 0.717) is 5.15 Å². The van der Waals surface area contributed by atoms with Crippen molar-refractivity contribution in [3.63, 3.8) is 0 Å². The predicted molar refractivity (Wildman–Crippen MR) is 92.1 cm³/mol. The largest absolute Gasteiger partial charge is 0.368 e. The number of benzene rings is 1. The molecule has 22 heavy (non-hydrogen) atoms. The van der Waals surface area contributed by atoms with Gasteiger partial charge < -0.3 is 10.6 Å². The Bertz CT molecular complexity index is 674. The minimum absolute atomic E-state index is 0.215. The first-order valence-corrected chi connectivity index (χ1v) is 7.87. The summed E-state index contributed by atoms with van der Waals surface area (Å²) >= 11 is 5.95. The normalized spacial score (nSPS) is 14.8. The van der Waals surface area contributed by atoms with Gasteiger partial charge in [-0.3, -0.25) is 0 Å². The average Bonchev–Trinajstić information content (AvgIpc) is 2.54. The summed E-state index contributed by atoms with van der Waals surface area (Å²) in [5, 5.41) is 0.382. The van der Waals surface area contributed by atoms with Gasteiger partial charge in [-0.1, -0.05) is 48.9 Å². The van der Waals surface area contributed by atoms with Crippen LogP contribution in [-0.4, -0.2) is 23.1 Å². The molecule has 0 aliphatic carbocycles. The maximum Gasteiger partial charge on any atom is 0.223 e. The second-order valence-corrected chi connectivity index (χ2v) is 5.77. The van der Waals surface area contributed by atoms with Gasteiger partial charge in [0.25, 0.3) is 0 Å². The van der Waals surface area contributed by atoms with Crippen LogP contribution in [0.1, 0.15) is 24.5 Å². The lowest BCUT2D eigenvalue weighted by molar-refractivity contribution is 0.814. The van der Waals surface area contributed by atoms with Crippen molar-refractivity contribution in [1.82, 2.24) is 9.97 Å². The molecule has 4 nitrogen and oxygen atoms in total. The highest BCUT2D eigenvalue weighted by molar-refractivity contribution is 6.29. The highest BCUT2D eigenvalue weighted by Gasteiger charge is 2.15. The van der Waals surface area contributed by atoms with E-state index in [2.05, 4.69) is 52.1 Å². The molecule has 0 fully saturated rings. The second kappa shape index (κ2) is 6.36. The van der Waals surface area contributed by atoms with Gasteiger partial charge in [0.2, 0.25) is 5.95 Å². The number of hydrogen-bond acceptors (Lipinski definition) is 4. The molecule has 1 aliphatic heterocycles. The van der Waals surface area contributed by atoms with Crippen LogP contribution in [0.15, 0.2) is 36.4 Å². The number of aryl methyl sites for hydroxylation is 1. The van der Waals surface area contributed by atoms with E-state index in [4.69, 9.17) is 17.3 Å². The molecule has 0 bridgehead atoms. The summed E-state index contributed by atoms with van der Waals surface area (Å²) in [6.07, 6.45) is 4.30. The molecule has 2 heterocycles. The molecule has 2 N–H and O–H groups in total. The molecular formula is C17H19ClN4. The average molecular weight is 315 g/mol. The fourth-order valence-electron chi connectivity index (χ4n) is 2.68. The zero-order valence-corrected chi connectivity index (χ0v) is 13.3. The molecule has 2 aromatic rings. The van der Waals surface area contributed by atoms with Crippen molar-refractivity contribution in [3.05, 3.63) is 52.7 Å². The molecule has 0 spiro atoms. The highest BCUT2D eigenvalue weighted by atomic mass is 35.5. The van der Waals surface area contributed by atoms with Gasteiger partial charge >= 0.3 is 0 Å². The Hall–Kier alpha value is -2.07. The Morgan fingerprint density at radius 3 is 2.59 bits per heavy atom. The number of rotatable bonds is 3. The molecular weight excluding hydrogens is 296 g/mol. The van der Waals surface area contributed by atoms with E-state index in [1.54, 1.807) is 6.07 Å². The Morgan fingerprint density at radius 1 is 1.23 bits per heavy atom. The maximum absolute atomic E-state index is 5.95. The fourth-order valence-corrected chi connectivity index (χ4v) is 2.86. The van der Waals surface area contributed by atoms with Crippen molar-refractivity contribution in [2.45, 2.75) is 19.8 Å². The summed E-state index contributed by atoms with van der Waals surface area (Å²) in [6.45, 7) is 3.87. The van der Waals surface area contributed by atoms with Gasteiger partial charge in [-0.2, -0.15) is 4.98 Å². The second-order valence-electron chi connectivity index (χ2n) is 5.38. The Labute approximate surface area is 135 Å². The van der Waals surface area contributed by atoms with E-state index in [9.17, 15) is 0 Å². The van der Waals surface area contributed by atoms with E-state index in [1.165, 1.54) is 16.7 Å². The van der Waals surface area contributed by atoms with Gasteiger partial charge in [-0.25, -0.2) is 4.98 Å². The minimum Gasteiger partial charge on any atom is -0.368 e. The number of nitrogens with zero attached hydrogens (tertiary/aromatic N) is 3. The Balaban J connectivity index is 1.76. The van der Waals surface area contributed by atoms with Crippen molar-refractivity contribution in [3.8, 4) is 0 Å². The van der Waals surface area contributed by atoms with Gasteiger partial charge in [-0.05, 0) is 29.5 Å². The van der Waals surface area contributed by atoms with Crippen LogP contribution < -0.4 is 10.6 Å². The highest BCUT2D eigenvalue weighted by Crippen LogP contribution is 2.26. The molecule has 0 saturated heterocycles. The molecule has 0 radical (unpaired) electrons. The first-order valence-electron chi connectivity index (χ1n) is 7.49. The third kappa shape index (κ3) is 3.22. The van der Waals surface area contributed by atoms with Gasteiger partial charge in [0.05, 0.1) is 0 Å². The van der Waals surface area contributed by atoms with Gasteiger partial charge in [0.15, 0.2) is 0 Å². The molecule has 1 aromatic carbocycles. The molecule has 5 heteroatoms. The first kappa shape index (κ1) is 14.9. The number of nitrogens with two attached hydrogens (primary N) is 1. The maximum atomic E-state index is 5.95. The van der Waals surface area contributed by atoms with Crippen LogP contribution in [0.2, 0.25) is 5.15 Å². The van der Waals surface area contributed by atoms with E-state index < -0.39 is 0 Å². The van der Waals surface area contributed by atoms with Crippen LogP contribution in [-0.2, 0) is 6.42 Å². The van der Waals surface area contributed by atoms with Crippen molar-refractivity contribution in [2.75, 3.05) is 23.7 Å². The fraction of sp³-hybridized carbons (Fsp3) is 0.294. The van der Waals surface area contributed by atoms with Crippen molar-refractivity contribution in [2.24, 2.45) is 0 Å². The molecule has 0 atom stereocenters. The van der Waals surface area contributed by atoms with Crippen LogP contribution in [0.4, 0.5) is 11.8 Å². The molecule has 0 amide bonds. The summed E-state index contributed by atoms with van der Waals surface area (Å²) < 4.78 is 0. The van der Waals surface area contributed by atoms with Crippen LogP contribution in [0, 0.1) is 0 Å². The number of halogens is 1. The summed E-state index contributed by atoms with van der Waals surface area (Å²) in [4.78, 5) is 10.3. The Kier molecular flexibility index (Phi) is 4.29. The van der Waals surface area contributed by atoms with Crippen molar-refractivity contribution >= 4 is 28.9 Å². The van der Waals surface area contributed by atoms with Gasteiger partial charge in [0.1, 0.15) is 11.0 Å². The number of hydrogen-bond donors (Lipinski definition) is 1. The molecule has 0 saturated carbocycles. The summed E-state index contributed by atoms with van der Waals surface area (Å²) in [7, 11) is 0. The summed E-state index contributed by atoms with van der Waals surface area (Å²) in [5.74, 6) is 1.00. The summed E-state index contributed by atoms with van der Waals surface area (Å²) in [5.41, 5.74) is 9.72.